The summed E-state index contributed by atoms with van der Waals surface area (Å²) in [6, 6.07) is 0.914. The molecule has 1 aromatic carbocycles. The Kier molecular flexibility index (Phi) is 9.82. The molecule has 7 nitrogen and oxygen atoms in total. The molecule has 0 aliphatic rings. The Morgan fingerprint density at radius 1 is 1.50 bits per heavy atom. The van der Waals surface area contributed by atoms with Crippen molar-refractivity contribution in [1.29, 1.82) is 0 Å². The number of nitrogens with one attached hydrogen (secondary N) is 2. The van der Waals surface area contributed by atoms with Gasteiger partial charge >= 0.3 is 0 Å². The molecule has 11 heteroatoms. The Hall–Kier alpha value is -1.73. The summed E-state index contributed by atoms with van der Waals surface area (Å²) in [5.74, 6) is -3.69. The number of benzene rings is 1. The molecular formula is C17H19ClF2IN3O4. The van der Waals surface area contributed by atoms with Crippen molar-refractivity contribution >= 4 is 45.8 Å². The zero-order valence-corrected chi connectivity index (χ0v) is 17.6. The van der Waals surface area contributed by atoms with Crippen LogP contribution in [0.1, 0.15) is 17.3 Å². The van der Waals surface area contributed by atoms with Crippen LogP contribution in [0.15, 0.2) is 39.8 Å². The highest BCUT2D eigenvalue weighted by Gasteiger charge is 2.22. The molecule has 1 amide bonds. The van der Waals surface area contributed by atoms with E-state index in [1.54, 1.807) is 6.92 Å². The van der Waals surface area contributed by atoms with Crippen molar-refractivity contribution in [2.75, 3.05) is 18.5 Å². The Labute approximate surface area is 179 Å². The van der Waals surface area contributed by atoms with Crippen molar-refractivity contribution in [3.05, 3.63) is 62.0 Å². The van der Waals surface area contributed by atoms with Gasteiger partial charge in [-0.2, -0.15) is 0 Å². The lowest BCUT2D eigenvalue weighted by atomic mass is 10.1. The Morgan fingerprint density at radius 3 is 2.71 bits per heavy atom. The number of nitrogens with two attached hydrogens (primary N) is 1. The van der Waals surface area contributed by atoms with Crippen molar-refractivity contribution in [1.82, 2.24) is 5.48 Å². The monoisotopic (exact) mass is 529 g/mol. The van der Waals surface area contributed by atoms with E-state index in [1.807, 2.05) is 28.1 Å². The Balaban J connectivity index is 3.15. The number of hydroxylamine groups is 1. The van der Waals surface area contributed by atoms with Gasteiger partial charge in [0.05, 0.1) is 22.9 Å². The van der Waals surface area contributed by atoms with E-state index >= 15 is 0 Å². The predicted octanol–water partition coefficient (Wildman–Crippen LogP) is 2.74. The molecule has 0 aliphatic heterocycles. The van der Waals surface area contributed by atoms with Gasteiger partial charge in [-0.15, -0.1) is 0 Å². The molecule has 1 aromatic rings. The fourth-order valence-electron chi connectivity index (χ4n) is 1.87. The van der Waals surface area contributed by atoms with E-state index in [9.17, 15) is 18.7 Å². The molecule has 1 rings (SSSR count). The quantitative estimate of drug-likeness (QED) is 0.145. The normalized spacial score (nSPS) is 13.2. The van der Waals surface area contributed by atoms with Crippen LogP contribution in [0.5, 0.6) is 0 Å². The average Bonchev–Trinajstić information content (AvgIpc) is 2.66. The lowest BCUT2D eigenvalue weighted by Gasteiger charge is -2.15. The third kappa shape index (κ3) is 6.71. The van der Waals surface area contributed by atoms with E-state index in [0.717, 1.165) is 6.07 Å². The summed E-state index contributed by atoms with van der Waals surface area (Å²) in [6.45, 7) is 4.42. The third-order valence-electron chi connectivity index (χ3n) is 3.26. The maximum atomic E-state index is 14.4. The van der Waals surface area contributed by atoms with E-state index < -0.39 is 47.6 Å². The Bertz CT molecular complexity index is 818. The summed E-state index contributed by atoms with van der Waals surface area (Å²) >= 11 is 7.61. The van der Waals surface area contributed by atoms with Gasteiger partial charge in [0.1, 0.15) is 12.7 Å². The summed E-state index contributed by atoms with van der Waals surface area (Å²) in [6.07, 6.45) is 1.66. The minimum atomic E-state index is -1.38. The maximum Gasteiger partial charge on any atom is 0.277 e. The molecule has 0 aliphatic carbocycles. The topological polar surface area (TPSA) is 117 Å². The summed E-state index contributed by atoms with van der Waals surface area (Å²) in [5.41, 5.74) is 7.35. The van der Waals surface area contributed by atoms with Crippen molar-refractivity contribution in [3.63, 3.8) is 0 Å². The van der Waals surface area contributed by atoms with Crippen molar-refractivity contribution in [2.24, 2.45) is 5.73 Å². The first kappa shape index (κ1) is 24.3. The standard InChI is InChI=1S/C17H19ClF2IN3O4/c1-8(13(21)5-22)3-9(2)23-16-11(4-12(18)14(19)15(16)20)17(27)24-28-7-10(26)6-25/h3-5,10,23,25-26H,2,6-7,22H2,1H3,(H,24,27)/b8-3-,13-5+. The number of anilines is 1. The van der Waals surface area contributed by atoms with Crippen LogP contribution in [0.4, 0.5) is 14.5 Å². The molecule has 1 atom stereocenters. The third-order valence-corrected chi connectivity index (χ3v) is 4.74. The van der Waals surface area contributed by atoms with Crippen LogP contribution >= 0.6 is 34.2 Å². The fraction of sp³-hybridized carbons (Fsp3) is 0.235. The van der Waals surface area contributed by atoms with Crippen molar-refractivity contribution < 1.29 is 28.6 Å². The van der Waals surface area contributed by atoms with Crippen LogP contribution in [0.2, 0.25) is 5.02 Å². The summed E-state index contributed by atoms with van der Waals surface area (Å²) < 4.78 is 29.0. The van der Waals surface area contributed by atoms with Crippen molar-refractivity contribution in [2.45, 2.75) is 13.0 Å². The number of hydrogen-bond donors (Lipinski definition) is 5. The highest BCUT2D eigenvalue weighted by atomic mass is 127. The van der Waals surface area contributed by atoms with E-state index in [-0.39, 0.29) is 11.3 Å². The van der Waals surface area contributed by atoms with Crippen LogP contribution in [0.3, 0.4) is 0 Å². The number of carbonyl (C=O) groups is 1. The second-order valence-electron chi connectivity index (χ2n) is 5.48. The molecule has 28 heavy (non-hydrogen) atoms. The molecule has 0 spiro atoms. The van der Waals surface area contributed by atoms with Gasteiger partial charge in [0.25, 0.3) is 5.91 Å². The van der Waals surface area contributed by atoms with Gasteiger partial charge in [-0.3, -0.25) is 9.63 Å². The highest BCUT2D eigenvalue weighted by molar-refractivity contribution is 14.1. The van der Waals surface area contributed by atoms with Crippen LogP contribution in [0.25, 0.3) is 0 Å². The number of aliphatic hydroxyl groups excluding tert-OH is 2. The van der Waals surface area contributed by atoms with Crippen LogP contribution in [0, 0.1) is 11.6 Å². The van der Waals surface area contributed by atoms with Gasteiger partial charge in [-0.25, -0.2) is 14.3 Å². The lowest BCUT2D eigenvalue weighted by Crippen LogP contribution is -2.30. The molecule has 154 valence electrons. The highest BCUT2D eigenvalue weighted by Crippen LogP contribution is 2.30. The van der Waals surface area contributed by atoms with Gasteiger partial charge in [0, 0.05) is 15.5 Å². The van der Waals surface area contributed by atoms with Gasteiger partial charge in [0.15, 0.2) is 11.6 Å². The number of allylic oxidation sites excluding steroid dienone is 3. The summed E-state index contributed by atoms with van der Waals surface area (Å²) in [4.78, 5) is 17.0. The zero-order chi connectivity index (χ0) is 21.4. The SMILES string of the molecule is C=C(/C=C(C)\C(I)=C/N)Nc1c(C(=O)NOCC(O)CO)cc(Cl)c(F)c1F. The van der Waals surface area contributed by atoms with Crippen molar-refractivity contribution in [3.8, 4) is 0 Å². The molecule has 0 saturated carbocycles. The number of amides is 1. The average molecular weight is 530 g/mol. The zero-order valence-electron chi connectivity index (χ0n) is 14.7. The molecule has 0 radical (unpaired) electrons. The first-order valence-corrected chi connectivity index (χ1v) is 9.18. The van der Waals surface area contributed by atoms with E-state index in [0.29, 0.717) is 9.15 Å². The van der Waals surface area contributed by atoms with Crippen LogP contribution in [-0.2, 0) is 4.84 Å². The van der Waals surface area contributed by atoms with Gasteiger partial charge in [-0.1, -0.05) is 18.2 Å². The molecule has 0 fully saturated rings. The number of rotatable bonds is 9. The van der Waals surface area contributed by atoms with Crippen LogP contribution in [-0.4, -0.2) is 35.4 Å². The summed E-state index contributed by atoms with van der Waals surface area (Å²) in [5, 5.41) is 19.8. The van der Waals surface area contributed by atoms with E-state index in [1.165, 1.54) is 12.3 Å². The molecule has 6 N–H and O–H groups in total. The Morgan fingerprint density at radius 2 is 2.14 bits per heavy atom. The molecule has 1 unspecified atom stereocenters. The number of halogens is 4. The maximum absolute atomic E-state index is 14.4. The van der Waals surface area contributed by atoms with Gasteiger partial charge < -0.3 is 21.3 Å². The number of hydrogen-bond acceptors (Lipinski definition) is 6. The smallest absolute Gasteiger partial charge is 0.277 e. The minimum Gasteiger partial charge on any atom is -0.404 e. The largest absolute Gasteiger partial charge is 0.404 e. The molecule has 0 heterocycles. The summed E-state index contributed by atoms with van der Waals surface area (Å²) in [7, 11) is 0. The molecule has 0 aromatic heterocycles. The lowest BCUT2D eigenvalue weighted by molar-refractivity contribution is -0.0295. The first-order chi connectivity index (χ1) is 13.1. The van der Waals surface area contributed by atoms with Gasteiger partial charge in [-0.05, 0) is 47.2 Å². The number of aliphatic hydroxyl groups is 2. The second-order valence-corrected chi connectivity index (χ2v) is 7.05. The van der Waals surface area contributed by atoms with E-state index in [4.69, 9.17) is 27.3 Å². The van der Waals surface area contributed by atoms with Crippen LogP contribution < -0.4 is 16.5 Å². The molecular weight excluding hydrogens is 511 g/mol. The number of carbonyl (C=O) groups excluding carboxylic acids is 1. The second kappa shape index (κ2) is 11.3. The molecule has 0 bridgehead atoms. The minimum absolute atomic E-state index is 0.153. The fourth-order valence-corrected chi connectivity index (χ4v) is 2.21. The first-order valence-electron chi connectivity index (χ1n) is 7.72. The predicted molar refractivity (Wildman–Crippen MR) is 111 cm³/mol. The van der Waals surface area contributed by atoms with Gasteiger partial charge in [0.2, 0.25) is 0 Å². The van der Waals surface area contributed by atoms with E-state index in [2.05, 4.69) is 11.9 Å². The molecule has 0 saturated heterocycles.